The Balaban J connectivity index is 1.86. The standard InChI is InChI=1S/C12H11N3O3/c16-10-4-7-3-6(1-2-8(7)14-10)9-5-13-11(17)12(18)15-9/h1-3,9H,4-5H2,(H,13,17)(H,14,16)(H,15,18). The Hall–Kier alpha value is -2.37. The first-order valence-corrected chi connectivity index (χ1v) is 5.65. The fourth-order valence-corrected chi connectivity index (χ4v) is 2.22. The van der Waals surface area contributed by atoms with E-state index in [0.717, 1.165) is 16.8 Å². The van der Waals surface area contributed by atoms with Crippen molar-refractivity contribution in [2.75, 3.05) is 11.9 Å². The molecule has 6 heteroatoms. The van der Waals surface area contributed by atoms with Crippen molar-refractivity contribution >= 4 is 23.4 Å². The van der Waals surface area contributed by atoms with Crippen LogP contribution in [0.1, 0.15) is 17.2 Å². The number of nitrogens with one attached hydrogen (secondary N) is 3. The Morgan fingerprint density at radius 1 is 1.11 bits per heavy atom. The second-order valence-electron chi connectivity index (χ2n) is 4.38. The summed E-state index contributed by atoms with van der Waals surface area (Å²) in [6.07, 6.45) is 0.357. The Bertz CT molecular complexity index is 568. The predicted octanol–water partition coefficient (Wildman–Crippen LogP) is -0.532. The van der Waals surface area contributed by atoms with E-state index < -0.39 is 11.8 Å². The quantitative estimate of drug-likeness (QED) is 0.581. The van der Waals surface area contributed by atoms with E-state index in [1.54, 1.807) is 0 Å². The third kappa shape index (κ3) is 1.71. The first-order valence-electron chi connectivity index (χ1n) is 5.65. The smallest absolute Gasteiger partial charge is 0.309 e. The molecule has 6 nitrogen and oxygen atoms in total. The zero-order chi connectivity index (χ0) is 12.7. The summed E-state index contributed by atoms with van der Waals surface area (Å²) in [5.41, 5.74) is 2.62. The predicted molar refractivity (Wildman–Crippen MR) is 62.7 cm³/mol. The molecule has 1 atom stereocenters. The first kappa shape index (κ1) is 10.8. The van der Waals surface area contributed by atoms with Crippen LogP contribution in [0.25, 0.3) is 0 Å². The molecule has 0 radical (unpaired) electrons. The molecule has 2 aliphatic rings. The van der Waals surface area contributed by atoms with Crippen molar-refractivity contribution < 1.29 is 14.4 Å². The highest BCUT2D eigenvalue weighted by Crippen LogP contribution is 2.26. The molecular weight excluding hydrogens is 234 g/mol. The number of piperazine rings is 1. The summed E-state index contributed by atoms with van der Waals surface area (Å²) in [6, 6.07) is 5.30. The van der Waals surface area contributed by atoms with E-state index >= 15 is 0 Å². The van der Waals surface area contributed by atoms with Gasteiger partial charge in [0.15, 0.2) is 0 Å². The van der Waals surface area contributed by atoms with Crippen molar-refractivity contribution in [3.05, 3.63) is 29.3 Å². The van der Waals surface area contributed by atoms with E-state index in [4.69, 9.17) is 0 Å². The number of amides is 3. The van der Waals surface area contributed by atoms with Gasteiger partial charge in [0.25, 0.3) is 0 Å². The second kappa shape index (κ2) is 3.83. The van der Waals surface area contributed by atoms with Gasteiger partial charge in [-0.3, -0.25) is 14.4 Å². The summed E-state index contributed by atoms with van der Waals surface area (Å²) in [5, 5.41) is 7.90. The van der Waals surface area contributed by atoms with Crippen molar-refractivity contribution in [2.45, 2.75) is 12.5 Å². The van der Waals surface area contributed by atoms with Gasteiger partial charge >= 0.3 is 11.8 Å². The van der Waals surface area contributed by atoms with Crippen molar-refractivity contribution in [1.29, 1.82) is 0 Å². The van der Waals surface area contributed by atoms with Gasteiger partial charge in [-0.2, -0.15) is 0 Å². The minimum Gasteiger partial charge on any atom is -0.345 e. The molecule has 3 amide bonds. The molecule has 0 aromatic heterocycles. The van der Waals surface area contributed by atoms with Crippen molar-refractivity contribution in [1.82, 2.24) is 10.6 Å². The molecule has 3 rings (SSSR count). The number of carbonyl (C=O) groups is 3. The van der Waals surface area contributed by atoms with Crippen LogP contribution in [0, 0.1) is 0 Å². The van der Waals surface area contributed by atoms with Gasteiger partial charge in [0.05, 0.1) is 12.5 Å². The maximum Gasteiger partial charge on any atom is 0.309 e. The molecule has 18 heavy (non-hydrogen) atoms. The summed E-state index contributed by atoms with van der Waals surface area (Å²) in [4.78, 5) is 33.5. The lowest BCUT2D eigenvalue weighted by Crippen LogP contribution is -2.51. The Morgan fingerprint density at radius 3 is 2.72 bits per heavy atom. The molecule has 1 fully saturated rings. The van der Waals surface area contributed by atoms with E-state index in [2.05, 4.69) is 16.0 Å². The van der Waals surface area contributed by atoms with Crippen molar-refractivity contribution in [3.63, 3.8) is 0 Å². The lowest BCUT2D eigenvalue weighted by atomic mass is 10.0. The summed E-state index contributed by atoms with van der Waals surface area (Å²) in [5.74, 6) is -1.26. The van der Waals surface area contributed by atoms with Crippen LogP contribution < -0.4 is 16.0 Å². The highest BCUT2D eigenvalue weighted by Gasteiger charge is 2.27. The molecule has 1 unspecified atom stereocenters. The Kier molecular flexibility index (Phi) is 2.29. The third-order valence-corrected chi connectivity index (χ3v) is 3.14. The summed E-state index contributed by atoms with van der Waals surface area (Å²) in [7, 11) is 0. The van der Waals surface area contributed by atoms with Crippen LogP contribution in [0.15, 0.2) is 18.2 Å². The molecular formula is C12H11N3O3. The maximum absolute atomic E-state index is 11.3. The molecule has 1 saturated heterocycles. The van der Waals surface area contributed by atoms with Crippen LogP contribution in [-0.2, 0) is 20.8 Å². The fraction of sp³-hybridized carbons (Fsp3) is 0.250. The van der Waals surface area contributed by atoms with Gasteiger partial charge in [-0.1, -0.05) is 12.1 Å². The molecule has 3 N–H and O–H groups in total. The normalized spacial score (nSPS) is 22.0. The van der Waals surface area contributed by atoms with E-state index in [9.17, 15) is 14.4 Å². The van der Waals surface area contributed by atoms with Gasteiger partial charge in [-0.15, -0.1) is 0 Å². The minimum atomic E-state index is -0.624. The molecule has 0 aliphatic carbocycles. The molecule has 2 heterocycles. The van der Waals surface area contributed by atoms with Gasteiger partial charge in [0.2, 0.25) is 5.91 Å². The number of rotatable bonds is 1. The Labute approximate surface area is 103 Å². The van der Waals surface area contributed by atoms with E-state index in [-0.39, 0.29) is 11.9 Å². The number of hydrogen-bond donors (Lipinski definition) is 3. The van der Waals surface area contributed by atoms with Crippen LogP contribution in [-0.4, -0.2) is 24.3 Å². The van der Waals surface area contributed by atoms with Gasteiger partial charge in [0.1, 0.15) is 0 Å². The van der Waals surface area contributed by atoms with Crippen LogP contribution in [0.4, 0.5) is 5.69 Å². The number of hydrogen-bond acceptors (Lipinski definition) is 3. The third-order valence-electron chi connectivity index (χ3n) is 3.14. The van der Waals surface area contributed by atoms with Gasteiger partial charge in [-0.25, -0.2) is 0 Å². The highest BCUT2D eigenvalue weighted by molar-refractivity contribution is 6.35. The second-order valence-corrected chi connectivity index (χ2v) is 4.38. The molecule has 1 aromatic rings. The van der Waals surface area contributed by atoms with E-state index in [1.165, 1.54) is 0 Å². The number of carbonyl (C=O) groups excluding carboxylic acids is 3. The monoisotopic (exact) mass is 245 g/mol. The van der Waals surface area contributed by atoms with Crippen LogP contribution in [0.3, 0.4) is 0 Å². The SMILES string of the molecule is O=C1Cc2cc(C3CNC(=O)C(=O)N3)ccc2N1. The summed E-state index contributed by atoms with van der Waals surface area (Å²) < 4.78 is 0. The zero-order valence-corrected chi connectivity index (χ0v) is 9.45. The van der Waals surface area contributed by atoms with E-state index in [1.807, 2.05) is 18.2 Å². The van der Waals surface area contributed by atoms with E-state index in [0.29, 0.717) is 13.0 Å². The number of fused-ring (bicyclic) bond motifs is 1. The van der Waals surface area contributed by atoms with Crippen LogP contribution in [0.5, 0.6) is 0 Å². The summed E-state index contributed by atoms with van der Waals surface area (Å²) >= 11 is 0. The zero-order valence-electron chi connectivity index (χ0n) is 9.45. The lowest BCUT2D eigenvalue weighted by Gasteiger charge is -2.24. The maximum atomic E-state index is 11.3. The lowest BCUT2D eigenvalue weighted by molar-refractivity contribution is -0.141. The van der Waals surface area contributed by atoms with Gasteiger partial charge in [-0.05, 0) is 17.2 Å². The van der Waals surface area contributed by atoms with Crippen molar-refractivity contribution in [2.24, 2.45) is 0 Å². The Morgan fingerprint density at radius 2 is 1.94 bits per heavy atom. The first-order chi connectivity index (χ1) is 8.63. The topological polar surface area (TPSA) is 87.3 Å². The molecule has 1 aromatic carbocycles. The average Bonchev–Trinajstić information content (AvgIpc) is 2.71. The summed E-state index contributed by atoms with van der Waals surface area (Å²) in [6.45, 7) is 0.366. The molecule has 0 bridgehead atoms. The van der Waals surface area contributed by atoms with Gasteiger partial charge < -0.3 is 16.0 Å². The number of benzene rings is 1. The largest absolute Gasteiger partial charge is 0.345 e. The molecule has 92 valence electrons. The van der Waals surface area contributed by atoms with Gasteiger partial charge in [0, 0.05) is 12.2 Å². The van der Waals surface area contributed by atoms with Crippen LogP contribution >= 0.6 is 0 Å². The molecule has 0 spiro atoms. The fourth-order valence-electron chi connectivity index (χ4n) is 2.22. The molecule has 2 aliphatic heterocycles. The highest BCUT2D eigenvalue weighted by atomic mass is 16.2. The van der Waals surface area contributed by atoms with Crippen LogP contribution in [0.2, 0.25) is 0 Å². The molecule has 0 saturated carbocycles. The van der Waals surface area contributed by atoms with Crippen molar-refractivity contribution in [3.8, 4) is 0 Å². The number of anilines is 1. The minimum absolute atomic E-state index is 0.0249. The average molecular weight is 245 g/mol.